The van der Waals surface area contributed by atoms with Crippen LogP contribution in [0.1, 0.15) is 16.8 Å². The molecule has 0 saturated carbocycles. The fourth-order valence-electron chi connectivity index (χ4n) is 3.27. The van der Waals surface area contributed by atoms with Crippen molar-refractivity contribution < 1.29 is 9.84 Å². The van der Waals surface area contributed by atoms with Gasteiger partial charge in [0.25, 0.3) is 5.56 Å². The standard InChI is InChI=1S/C22H19ClN4O3/c1-30-20-8-13(12-28)6-7-17(20)26-18-10-15(9-14-4-2-3-5-16(14)23)25-19-11-24-27-22(29)21(18)19/h2-8,10-11,28H,9,12H2,1H3,(H,25,26)(H,27,29). The number of halogens is 1. The third kappa shape index (κ3) is 3.98. The first-order chi connectivity index (χ1) is 14.6. The number of H-pyrrole nitrogens is 1. The number of rotatable bonds is 6. The molecule has 3 N–H and O–H groups in total. The summed E-state index contributed by atoms with van der Waals surface area (Å²) in [7, 11) is 1.55. The number of hydrogen-bond donors (Lipinski definition) is 3. The fourth-order valence-corrected chi connectivity index (χ4v) is 3.47. The zero-order valence-corrected chi connectivity index (χ0v) is 16.9. The van der Waals surface area contributed by atoms with Crippen LogP contribution in [0.5, 0.6) is 5.75 Å². The van der Waals surface area contributed by atoms with Crippen molar-refractivity contribution in [2.75, 3.05) is 12.4 Å². The molecule has 0 saturated heterocycles. The summed E-state index contributed by atoms with van der Waals surface area (Å²) in [6.45, 7) is -0.0951. The zero-order chi connectivity index (χ0) is 21.1. The molecule has 8 heteroatoms. The number of anilines is 2. The second kappa shape index (κ2) is 8.52. The normalized spacial score (nSPS) is 10.9. The molecule has 0 fully saturated rings. The minimum absolute atomic E-state index is 0.0951. The van der Waals surface area contributed by atoms with Crippen LogP contribution in [-0.4, -0.2) is 27.4 Å². The van der Waals surface area contributed by atoms with Gasteiger partial charge in [-0.15, -0.1) is 0 Å². The van der Waals surface area contributed by atoms with Crippen LogP contribution in [0.4, 0.5) is 11.4 Å². The van der Waals surface area contributed by atoms with Crippen LogP contribution < -0.4 is 15.6 Å². The number of hydrogen-bond acceptors (Lipinski definition) is 6. The summed E-state index contributed by atoms with van der Waals surface area (Å²) < 4.78 is 5.44. The highest BCUT2D eigenvalue weighted by molar-refractivity contribution is 6.31. The first-order valence-corrected chi connectivity index (χ1v) is 9.62. The number of methoxy groups -OCH3 is 1. The molecule has 4 rings (SSSR count). The van der Waals surface area contributed by atoms with Gasteiger partial charge in [0.05, 0.1) is 42.2 Å². The van der Waals surface area contributed by atoms with Gasteiger partial charge in [0.1, 0.15) is 5.75 Å². The predicted octanol–water partition coefficient (Wildman–Crippen LogP) is 3.81. The van der Waals surface area contributed by atoms with Crippen LogP contribution in [0.25, 0.3) is 10.9 Å². The molecule has 152 valence electrons. The minimum Gasteiger partial charge on any atom is -0.495 e. The quantitative estimate of drug-likeness (QED) is 0.437. The molecule has 0 aliphatic heterocycles. The van der Waals surface area contributed by atoms with Gasteiger partial charge in [0.15, 0.2) is 0 Å². The lowest BCUT2D eigenvalue weighted by Gasteiger charge is -2.15. The molecule has 0 amide bonds. The molecule has 0 atom stereocenters. The van der Waals surface area contributed by atoms with Crippen molar-refractivity contribution in [2.45, 2.75) is 13.0 Å². The first-order valence-electron chi connectivity index (χ1n) is 9.24. The average molecular weight is 423 g/mol. The van der Waals surface area contributed by atoms with E-state index in [2.05, 4.69) is 20.5 Å². The molecular formula is C22H19ClN4O3. The fraction of sp³-hybridized carbons (Fsp3) is 0.136. The SMILES string of the molecule is COc1cc(CO)ccc1Nc1cc(Cc2ccccc2Cl)nc2cn[nH]c(=O)c12. The lowest BCUT2D eigenvalue weighted by molar-refractivity contribution is 0.281. The van der Waals surface area contributed by atoms with Gasteiger partial charge in [-0.05, 0) is 35.4 Å². The first kappa shape index (κ1) is 19.9. The second-order valence-electron chi connectivity index (χ2n) is 6.71. The summed E-state index contributed by atoms with van der Waals surface area (Å²) in [6, 6.07) is 14.7. The Morgan fingerprint density at radius 1 is 1.17 bits per heavy atom. The molecule has 4 aromatic rings. The monoisotopic (exact) mass is 422 g/mol. The lowest BCUT2D eigenvalue weighted by Crippen LogP contribution is -2.12. The molecule has 7 nitrogen and oxygen atoms in total. The van der Waals surface area contributed by atoms with Crippen LogP contribution in [0.3, 0.4) is 0 Å². The number of aliphatic hydroxyl groups excluding tert-OH is 1. The summed E-state index contributed by atoms with van der Waals surface area (Å²) in [4.78, 5) is 17.1. The number of fused-ring (bicyclic) bond motifs is 1. The third-order valence-electron chi connectivity index (χ3n) is 4.73. The minimum atomic E-state index is -0.349. The molecule has 0 unspecified atom stereocenters. The average Bonchev–Trinajstić information content (AvgIpc) is 2.75. The van der Waals surface area contributed by atoms with Crippen LogP contribution in [0.2, 0.25) is 5.02 Å². The van der Waals surface area contributed by atoms with Gasteiger partial charge < -0.3 is 15.2 Å². The maximum Gasteiger partial charge on any atom is 0.275 e. The van der Waals surface area contributed by atoms with E-state index in [1.165, 1.54) is 6.20 Å². The molecule has 2 heterocycles. The van der Waals surface area contributed by atoms with Crippen molar-refractivity contribution >= 4 is 33.9 Å². The Labute approximate surface area is 177 Å². The number of pyridine rings is 1. The molecule has 2 aromatic carbocycles. The Kier molecular flexibility index (Phi) is 5.65. The molecule has 0 radical (unpaired) electrons. The van der Waals surface area contributed by atoms with Crippen LogP contribution in [0.15, 0.2) is 59.5 Å². The van der Waals surface area contributed by atoms with E-state index < -0.39 is 0 Å². The number of aliphatic hydroxyl groups is 1. The summed E-state index contributed by atoms with van der Waals surface area (Å²) in [6.07, 6.45) is 2.02. The number of ether oxygens (including phenoxy) is 1. The maximum absolute atomic E-state index is 12.5. The Morgan fingerprint density at radius 2 is 2.00 bits per heavy atom. The molecule has 2 aromatic heterocycles. The van der Waals surface area contributed by atoms with Gasteiger partial charge >= 0.3 is 0 Å². The van der Waals surface area contributed by atoms with Gasteiger partial charge in [-0.1, -0.05) is 35.9 Å². The van der Waals surface area contributed by atoms with E-state index in [0.29, 0.717) is 39.5 Å². The van der Waals surface area contributed by atoms with E-state index in [1.807, 2.05) is 30.3 Å². The third-order valence-corrected chi connectivity index (χ3v) is 5.10. The van der Waals surface area contributed by atoms with Gasteiger partial charge in [0.2, 0.25) is 0 Å². The summed E-state index contributed by atoms with van der Waals surface area (Å²) >= 11 is 6.31. The smallest absolute Gasteiger partial charge is 0.275 e. The largest absolute Gasteiger partial charge is 0.495 e. The number of nitrogens with zero attached hydrogens (tertiary/aromatic N) is 2. The lowest BCUT2D eigenvalue weighted by atomic mass is 10.1. The van der Waals surface area contributed by atoms with Crippen LogP contribution in [-0.2, 0) is 13.0 Å². The number of nitrogens with one attached hydrogen (secondary N) is 2. The van der Waals surface area contributed by atoms with E-state index in [0.717, 1.165) is 16.8 Å². The predicted molar refractivity (Wildman–Crippen MR) is 117 cm³/mol. The molecule has 0 aliphatic rings. The Hall–Kier alpha value is -3.42. The highest BCUT2D eigenvalue weighted by Gasteiger charge is 2.14. The van der Waals surface area contributed by atoms with E-state index in [4.69, 9.17) is 16.3 Å². The van der Waals surface area contributed by atoms with E-state index in [9.17, 15) is 9.90 Å². The maximum atomic E-state index is 12.5. The van der Waals surface area contributed by atoms with Gasteiger partial charge in [0, 0.05) is 17.1 Å². The van der Waals surface area contributed by atoms with E-state index in [-0.39, 0.29) is 12.2 Å². The van der Waals surface area contributed by atoms with Crippen molar-refractivity contribution in [3.8, 4) is 5.75 Å². The molecule has 0 aliphatic carbocycles. The molecule has 0 spiro atoms. The molecule has 30 heavy (non-hydrogen) atoms. The van der Waals surface area contributed by atoms with E-state index >= 15 is 0 Å². The van der Waals surface area contributed by atoms with Crippen molar-refractivity contribution in [3.05, 3.63) is 86.9 Å². The summed E-state index contributed by atoms with van der Waals surface area (Å²) in [5, 5.41) is 20.0. The number of aromatic nitrogens is 3. The topological polar surface area (TPSA) is 100 Å². The molecule has 0 bridgehead atoms. The van der Waals surface area contributed by atoms with Crippen molar-refractivity contribution in [3.63, 3.8) is 0 Å². The highest BCUT2D eigenvalue weighted by Crippen LogP contribution is 2.32. The van der Waals surface area contributed by atoms with Crippen molar-refractivity contribution in [1.82, 2.24) is 15.2 Å². The number of aromatic amines is 1. The van der Waals surface area contributed by atoms with Gasteiger partial charge in [-0.25, -0.2) is 5.10 Å². The Bertz CT molecular complexity index is 1270. The second-order valence-corrected chi connectivity index (χ2v) is 7.11. The van der Waals surface area contributed by atoms with Gasteiger partial charge in [-0.2, -0.15) is 5.10 Å². The number of benzene rings is 2. The molecular weight excluding hydrogens is 404 g/mol. The van der Waals surface area contributed by atoms with E-state index in [1.54, 1.807) is 25.3 Å². The van der Waals surface area contributed by atoms with Crippen LogP contribution in [0, 0.1) is 0 Å². The highest BCUT2D eigenvalue weighted by atomic mass is 35.5. The van der Waals surface area contributed by atoms with Gasteiger partial charge in [-0.3, -0.25) is 9.78 Å². The summed E-state index contributed by atoms with van der Waals surface area (Å²) in [5.74, 6) is 0.546. The van der Waals surface area contributed by atoms with Crippen molar-refractivity contribution in [1.29, 1.82) is 0 Å². The zero-order valence-electron chi connectivity index (χ0n) is 16.1. The Balaban J connectivity index is 1.82. The summed E-state index contributed by atoms with van der Waals surface area (Å²) in [5.41, 5.74) is 3.73. The van der Waals surface area contributed by atoms with Crippen LogP contribution >= 0.6 is 11.6 Å². The van der Waals surface area contributed by atoms with Crippen molar-refractivity contribution in [2.24, 2.45) is 0 Å². The Morgan fingerprint density at radius 3 is 2.77 bits per heavy atom.